The molecule has 2 aliphatic rings. The van der Waals surface area contributed by atoms with Gasteiger partial charge in [0.1, 0.15) is 6.04 Å². The molecule has 4 rings (SSSR count). The van der Waals surface area contributed by atoms with Crippen molar-refractivity contribution < 1.29 is 9.59 Å². The standard InChI is InChI=1S/C18H19N3O2/c22-17-10-19-18(23)16-12-20(7-8-21(16)17)11-13-5-6-14-3-1-2-4-15(14)9-13/h1-6,9,16H,7-8,10-12H2,(H,19,23). The van der Waals surface area contributed by atoms with Crippen LogP contribution in [0.15, 0.2) is 42.5 Å². The van der Waals surface area contributed by atoms with Gasteiger partial charge in [0, 0.05) is 26.2 Å². The van der Waals surface area contributed by atoms with Gasteiger partial charge >= 0.3 is 0 Å². The Kier molecular flexibility index (Phi) is 3.50. The lowest BCUT2D eigenvalue weighted by molar-refractivity contribution is -0.149. The van der Waals surface area contributed by atoms with E-state index >= 15 is 0 Å². The minimum Gasteiger partial charge on any atom is -0.345 e. The molecule has 2 fully saturated rings. The van der Waals surface area contributed by atoms with Gasteiger partial charge in [-0.1, -0.05) is 36.4 Å². The average Bonchev–Trinajstić information content (AvgIpc) is 2.58. The van der Waals surface area contributed by atoms with E-state index in [2.05, 4.69) is 40.5 Å². The first-order valence-electron chi connectivity index (χ1n) is 7.98. The molecule has 23 heavy (non-hydrogen) atoms. The first-order valence-corrected chi connectivity index (χ1v) is 7.98. The molecule has 2 aromatic rings. The summed E-state index contributed by atoms with van der Waals surface area (Å²) in [5.41, 5.74) is 1.24. The highest BCUT2D eigenvalue weighted by Crippen LogP contribution is 2.19. The Labute approximate surface area is 134 Å². The number of benzene rings is 2. The highest BCUT2D eigenvalue weighted by atomic mass is 16.2. The Hall–Kier alpha value is -2.40. The zero-order chi connectivity index (χ0) is 15.8. The minimum atomic E-state index is -0.342. The van der Waals surface area contributed by atoms with Gasteiger partial charge in [-0.05, 0) is 22.4 Å². The minimum absolute atomic E-state index is 0.0277. The Morgan fingerprint density at radius 3 is 2.74 bits per heavy atom. The van der Waals surface area contributed by atoms with Crippen LogP contribution in [0.5, 0.6) is 0 Å². The van der Waals surface area contributed by atoms with Gasteiger partial charge in [0.2, 0.25) is 11.8 Å². The molecule has 0 bridgehead atoms. The molecule has 0 spiro atoms. The van der Waals surface area contributed by atoms with Crippen LogP contribution in [0.2, 0.25) is 0 Å². The summed E-state index contributed by atoms with van der Waals surface area (Å²) in [6, 6.07) is 14.4. The second kappa shape index (κ2) is 5.66. The van der Waals surface area contributed by atoms with Crippen LogP contribution < -0.4 is 5.32 Å². The molecule has 2 heterocycles. The number of nitrogens with one attached hydrogen (secondary N) is 1. The van der Waals surface area contributed by atoms with E-state index in [1.807, 2.05) is 12.1 Å². The fourth-order valence-corrected chi connectivity index (χ4v) is 3.48. The summed E-state index contributed by atoms with van der Waals surface area (Å²) >= 11 is 0. The maximum Gasteiger partial charge on any atom is 0.244 e. The van der Waals surface area contributed by atoms with Crippen LogP contribution in [0.4, 0.5) is 0 Å². The van der Waals surface area contributed by atoms with Crippen molar-refractivity contribution in [2.45, 2.75) is 12.6 Å². The molecule has 5 nitrogen and oxygen atoms in total. The highest BCUT2D eigenvalue weighted by molar-refractivity contribution is 5.95. The lowest BCUT2D eigenvalue weighted by atomic mass is 10.0. The third kappa shape index (κ3) is 2.68. The van der Waals surface area contributed by atoms with Crippen molar-refractivity contribution in [1.82, 2.24) is 15.1 Å². The zero-order valence-electron chi connectivity index (χ0n) is 12.9. The molecule has 0 aromatic heterocycles. The van der Waals surface area contributed by atoms with Crippen molar-refractivity contribution in [2.24, 2.45) is 0 Å². The summed E-state index contributed by atoms with van der Waals surface area (Å²) in [5.74, 6) is -0.00670. The smallest absolute Gasteiger partial charge is 0.244 e. The number of amides is 2. The highest BCUT2D eigenvalue weighted by Gasteiger charge is 2.38. The van der Waals surface area contributed by atoms with Crippen molar-refractivity contribution in [3.63, 3.8) is 0 Å². The Morgan fingerprint density at radius 1 is 1.04 bits per heavy atom. The van der Waals surface area contributed by atoms with Gasteiger partial charge in [-0.3, -0.25) is 14.5 Å². The molecule has 1 atom stereocenters. The monoisotopic (exact) mass is 309 g/mol. The maximum absolute atomic E-state index is 12.0. The van der Waals surface area contributed by atoms with Gasteiger partial charge in [-0.15, -0.1) is 0 Å². The van der Waals surface area contributed by atoms with Crippen molar-refractivity contribution in [1.29, 1.82) is 0 Å². The fraction of sp³-hybridized carbons (Fsp3) is 0.333. The zero-order valence-corrected chi connectivity index (χ0v) is 12.9. The van der Waals surface area contributed by atoms with Gasteiger partial charge in [0.15, 0.2) is 0 Å². The SMILES string of the molecule is O=C1NCC(=O)N2CCN(Cc3ccc4ccccc4c3)CC12. The van der Waals surface area contributed by atoms with Crippen molar-refractivity contribution >= 4 is 22.6 Å². The summed E-state index contributed by atoms with van der Waals surface area (Å²) < 4.78 is 0. The van der Waals surface area contributed by atoms with Crippen LogP contribution in [-0.2, 0) is 16.1 Å². The fourth-order valence-electron chi connectivity index (χ4n) is 3.48. The number of fused-ring (bicyclic) bond motifs is 2. The quantitative estimate of drug-likeness (QED) is 0.900. The van der Waals surface area contributed by atoms with Crippen LogP contribution in [0, 0.1) is 0 Å². The van der Waals surface area contributed by atoms with Crippen LogP contribution in [0.25, 0.3) is 10.8 Å². The Bertz CT molecular complexity index is 774. The number of nitrogens with zero attached hydrogens (tertiary/aromatic N) is 2. The summed E-state index contributed by atoms with van der Waals surface area (Å²) in [5, 5.41) is 5.15. The van der Waals surface area contributed by atoms with E-state index in [0.29, 0.717) is 13.1 Å². The second-order valence-corrected chi connectivity index (χ2v) is 6.24. The van der Waals surface area contributed by atoms with Crippen molar-refractivity contribution in [2.75, 3.05) is 26.2 Å². The first-order chi connectivity index (χ1) is 11.2. The average molecular weight is 309 g/mol. The van der Waals surface area contributed by atoms with E-state index in [0.717, 1.165) is 13.1 Å². The third-order valence-electron chi connectivity index (χ3n) is 4.72. The van der Waals surface area contributed by atoms with E-state index < -0.39 is 0 Å². The lowest BCUT2D eigenvalue weighted by Gasteiger charge is -2.43. The molecule has 0 radical (unpaired) electrons. The van der Waals surface area contributed by atoms with E-state index in [4.69, 9.17) is 0 Å². The maximum atomic E-state index is 12.0. The largest absolute Gasteiger partial charge is 0.345 e. The van der Waals surface area contributed by atoms with Crippen molar-refractivity contribution in [3.8, 4) is 0 Å². The van der Waals surface area contributed by atoms with Crippen molar-refractivity contribution in [3.05, 3.63) is 48.0 Å². The van der Waals surface area contributed by atoms with Crippen LogP contribution in [0.3, 0.4) is 0 Å². The molecule has 1 N–H and O–H groups in total. The summed E-state index contributed by atoms with van der Waals surface area (Å²) in [7, 11) is 0. The van der Waals surface area contributed by atoms with E-state index in [-0.39, 0.29) is 24.4 Å². The Balaban J connectivity index is 1.50. The number of hydrogen-bond donors (Lipinski definition) is 1. The van der Waals surface area contributed by atoms with Gasteiger partial charge in [-0.2, -0.15) is 0 Å². The Morgan fingerprint density at radius 2 is 1.87 bits per heavy atom. The van der Waals surface area contributed by atoms with Crippen LogP contribution >= 0.6 is 0 Å². The number of hydrogen-bond acceptors (Lipinski definition) is 3. The summed E-state index contributed by atoms with van der Waals surface area (Å²) in [6.45, 7) is 2.98. The molecule has 2 aromatic carbocycles. The van der Waals surface area contributed by atoms with Gasteiger partial charge in [0.05, 0.1) is 6.54 Å². The molecular weight excluding hydrogens is 290 g/mol. The number of carbonyl (C=O) groups is 2. The first kappa shape index (κ1) is 14.2. The number of piperazine rings is 2. The van der Waals surface area contributed by atoms with E-state index in [1.165, 1.54) is 16.3 Å². The van der Waals surface area contributed by atoms with Crippen LogP contribution in [0.1, 0.15) is 5.56 Å². The second-order valence-electron chi connectivity index (χ2n) is 6.24. The lowest BCUT2D eigenvalue weighted by Crippen LogP contribution is -2.65. The molecule has 2 aliphatic heterocycles. The molecule has 0 aliphatic carbocycles. The topological polar surface area (TPSA) is 52.7 Å². The predicted molar refractivity (Wildman–Crippen MR) is 87.7 cm³/mol. The van der Waals surface area contributed by atoms with Gasteiger partial charge in [-0.25, -0.2) is 0 Å². The normalized spacial score (nSPS) is 22.1. The molecule has 5 heteroatoms. The number of carbonyl (C=O) groups excluding carboxylic acids is 2. The third-order valence-corrected chi connectivity index (χ3v) is 4.72. The molecule has 0 saturated carbocycles. The molecule has 2 amide bonds. The predicted octanol–water partition coefficient (Wildman–Crippen LogP) is 0.982. The van der Waals surface area contributed by atoms with Gasteiger partial charge < -0.3 is 10.2 Å². The van der Waals surface area contributed by atoms with E-state index in [9.17, 15) is 9.59 Å². The van der Waals surface area contributed by atoms with E-state index in [1.54, 1.807) is 4.90 Å². The summed E-state index contributed by atoms with van der Waals surface area (Å²) in [4.78, 5) is 27.9. The molecule has 2 saturated heterocycles. The molecular formula is C18H19N3O2. The van der Waals surface area contributed by atoms with Crippen LogP contribution in [-0.4, -0.2) is 53.8 Å². The van der Waals surface area contributed by atoms with Gasteiger partial charge in [0.25, 0.3) is 0 Å². The molecule has 118 valence electrons. The summed E-state index contributed by atoms with van der Waals surface area (Å²) in [6.07, 6.45) is 0. The number of rotatable bonds is 2. The molecule has 1 unspecified atom stereocenters.